The van der Waals surface area contributed by atoms with Crippen LogP contribution in [-0.4, -0.2) is 21.0 Å². The maximum Gasteiger partial charge on any atom is 0.242 e. The van der Waals surface area contributed by atoms with Crippen molar-refractivity contribution in [2.45, 2.75) is 32.4 Å². The van der Waals surface area contributed by atoms with E-state index in [4.69, 9.17) is 4.43 Å². The summed E-state index contributed by atoms with van der Waals surface area (Å²) in [5, 5.41) is -0.0982. The van der Waals surface area contributed by atoms with Crippen molar-refractivity contribution in [2.75, 3.05) is 0 Å². The highest BCUT2D eigenvalue weighted by atomic mass is 32.1. The molecule has 2 radical (unpaired) electrons. The fourth-order valence-corrected chi connectivity index (χ4v) is 1.02. The lowest BCUT2D eigenvalue weighted by atomic mass is 10.5. The van der Waals surface area contributed by atoms with Crippen LogP contribution < -0.4 is 0 Å². The minimum absolute atomic E-state index is 0.0641. The molecule has 0 aliphatic heterocycles. The molecule has 0 rings (SSSR count). The van der Waals surface area contributed by atoms with Gasteiger partial charge in [-0.2, -0.15) is 0 Å². The summed E-state index contributed by atoms with van der Waals surface area (Å²) in [6.45, 7) is 5.71. The summed E-state index contributed by atoms with van der Waals surface area (Å²) < 4.78 is 5.22. The molecule has 0 spiro atoms. The molecule has 4 heteroatoms. The lowest BCUT2D eigenvalue weighted by Crippen LogP contribution is -2.14. The predicted molar refractivity (Wildman–Crippen MR) is 45.4 cm³/mol. The Morgan fingerprint density at radius 2 is 2.00 bits per heavy atom. The quantitative estimate of drug-likeness (QED) is 0.516. The predicted octanol–water partition coefficient (Wildman–Crippen LogP) is 1.30. The highest BCUT2D eigenvalue weighted by Gasteiger charge is 2.11. The van der Waals surface area contributed by atoms with E-state index >= 15 is 0 Å². The van der Waals surface area contributed by atoms with Crippen LogP contribution in [0.15, 0.2) is 0 Å². The Labute approximate surface area is 69.7 Å². The van der Waals surface area contributed by atoms with E-state index in [1.54, 1.807) is 0 Å². The Bertz CT molecular complexity index is 116. The van der Waals surface area contributed by atoms with Crippen molar-refractivity contribution in [3.63, 3.8) is 0 Å². The summed E-state index contributed by atoms with van der Waals surface area (Å²) in [6.07, 6.45) is 0.202. The van der Waals surface area contributed by atoms with Crippen LogP contribution in [0, 0.1) is 0 Å². The van der Waals surface area contributed by atoms with Crippen LogP contribution in [0.1, 0.15) is 20.8 Å². The van der Waals surface area contributed by atoms with Gasteiger partial charge in [-0.05, 0) is 13.8 Å². The van der Waals surface area contributed by atoms with Crippen molar-refractivity contribution in [1.29, 1.82) is 0 Å². The van der Waals surface area contributed by atoms with Gasteiger partial charge in [0, 0.05) is 11.6 Å². The van der Waals surface area contributed by atoms with E-state index in [2.05, 4.69) is 12.6 Å². The summed E-state index contributed by atoms with van der Waals surface area (Å²) in [6, 6.07) is 0. The van der Waals surface area contributed by atoms with Crippen molar-refractivity contribution in [3.05, 3.63) is 0 Å². The SMILES string of the molecule is CC(C)O[Si]C(C)C(=O)S. The maximum absolute atomic E-state index is 10.5. The monoisotopic (exact) mass is 176 g/mol. The number of carbonyl (C=O) groups excluding carboxylic acids is 1. The third-order valence-corrected chi connectivity index (χ3v) is 2.70. The molecule has 0 aliphatic carbocycles. The Morgan fingerprint density at radius 3 is 2.30 bits per heavy atom. The molecule has 0 aromatic carbocycles. The Kier molecular flexibility index (Phi) is 5.03. The van der Waals surface area contributed by atoms with Gasteiger partial charge in [0.25, 0.3) is 0 Å². The fraction of sp³-hybridized carbons (Fsp3) is 0.833. The number of rotatable bonds is 4. The molecule has 10 heavy (non-hydrogen) atoms. The molecule has 0 amide bonds. The molecule has 0 aliphatic rings. The third-order valence-electron chi connectivity index (χ3n) is 0.851. The summed E-state index contributed by atoms with van der Waals surface area (Å²) in [4.78, 5) is 10.5. The van der Waals surface area contributed by atoms with Crippen molar-refractivity contribution in [2.24, 2.45) is 0 Å². The maximum atomic E-state index is 10.5. The highest BCUT2D eigenvalue weighted by Crippen LogP contribution is 2.06. The lowest BCUT2D eigenvalue weighted by molar-refractivity contribution is -0.110. The fourth-order valence-electron chi connectivity index (χ4n) is 0.289. The zero-order valence-electron chi connectivity index (χ0n) is 6.42. The molecule has 0 saturated heterocycles. The highest BCUT2D eigenvalue weighted by molar-refractivity contribution is 7.96. The average Bonchev–Trinajstić information content (AvgIpc) is 1.82. The molecule has 58 valence electrons. The first-order valence-corrected chi connectivity index (χ1v) is 4.61. The Balaban J connectivity index is 3.40. The minimum atomic E-state index is -0.0982. The minimum Gasteiger partial charge on any atom is -0.414 e. The molecule has 0 saturated carbocycles. The third kappa shape index (κ3) is 5.02. The van der Waals surface area contributed by atoms with E-state index in [0.29, 0.717) is 0 Å². The molecule has 0 aromatic heterocycles. The number of hydrogen-bond donors (Lipinski definition) is 1. The van der Waals surface area contributed by atoms with Crippen molar-refractivity contribution in [1.82, 2.24) is 0 Å². The standard InChI is InChI=1S/C6H12O2SSi/c1-4(2)8-10-5(3)6(7)9/h4-5H,1-3H3,(H,7,9). The molecule has 0 heterocycles. The molecule has 0 aromatic rings. The zero-order chi connectivity index (χ0) is 8.15. The van der Waals surface area contributed by atoms with Gasteiger partial charge in [0.1, 0.15) is 0 Å². The van der Waals surface area contributed by atoms with Gasteiger partial charge < -0.3 is 4.43 Å². The molecular formula is C6H12O2SSi. The Hall–Kier alpha value is 0.197. The summed E-state index contributed by atoms with van der Waals surface area (Å²) >= 11 is 3.68. The van der Waals surface area contributed by atoms with Crippen molar-refractivity contribution >= 4 is 27.5 Å². The molecule has 0 fully saturated rings. The first-order valence-electron chi connectivity index (χ1n) is 3.18. The number of thiol groups is 1. The number of hydrogen-bond acceptors (Lipinski definition) is 2. The normalized spacial score (nSPS) is 13.7. The molecule has 1 unspecified atom stereocenters. The largest absolute Gasteiger partial charge is 0.414 e. The average molecular weight is 176 g/mol. The Morgan fingerprint density at radius 1 is 1.50 bits per heavy atom. The van der Waals surface area contributed by atoms with Gasteiger partial charge in [0.15, 0.2) is 5.12 Å². The number of carbonyl (C=O) groups is 1. The van der Waals surface area contributed by atoms with Gasteiger partial charge in [0.2, 0.25) is 9.76 Å². The van der Waals surface area contributed by atoms with Gasteiger partial charge in [-0.3, -0.25) is 4.79 Å². The second-order valence-corrected chi connectivity index (χ2v) is 4.12. The second-order valence-electron chi connectivity index (χ2n) is 2.34. The summed E-state index contributed by atoms with van der Waals surface area (Å²) in [7, 11) is 0.241. The summed E-state index contributed by atoms with van der Waals surface area (Å²) in [5.74, 6) is 0. The molecular weight excluding hydrogens is 164 g/mol. The first-order chi connectivity index (χ1) is 4.54. The molecule has 2 nitrogen and oxygen atoms in total. The van der Waals surface area contributed by atoms with Crippen molar-refractivity contribution < 1.29 is 9.22 Å². The smallest absolute Gasteiger partial charge is 0.242 e. The van der Waals surface area contributed by atoms with Gasteiger partial charge >= 0.3 is 0 Å². The van der Waals surface area contributed by atoms with Crippen LogP contribution in [0.3, 0.4) is 0 Å². The van der Waals surface area contributed by atoms with Gasteiger partial charge in [-0.1, -0.05) is 6.92 Å². The topological polar surface area (TPSA) is 26.3 Å². The second kappa shape index (κ2) is 4.93. The first kappa shape index (κ1) is 10.2. The van der Waals surface area contributed by atoms with E-state index < -0.39 is 0 Å². The zero-order valence-corrected chi connectivity index (χ0v) is 8.31. The van der Waals surface area contributed by atoms with E-state index in [-0.39, 0.29) is 26.5 Å². The van der Waals surface area contributed by atoms with E-state index in [1.165, 1.54) is 0 Å². The van der Waals surface area contributed by atoms with Crippen LogP contribution in [-0.2, 0) is 9.22 Å². The van der Waals surface area contributed by atoms with Crippen LogP contribution in [0.4, 0.5) is 0 Å². The van der Waals surface area contributed by atoms with Gasteiger partial charge in [0.05, 0.1) is 0 Å². The lowest BCUT2D eigenvalue weighted by Gasteiger charge is -2.08. The van der Waals surface area contributed by atoms with E-state index in [0.717, 1.165) is 0 Å². The summed E-state index contributed by atoms with van der Waals surface area (Å²) in [5.41, 5.74) is -0.0641. The van der Waals surface area contributed by atoms with Gasteiger partial charge in [-0.25, -0.2) is 0 Å². The van der Waals surface area contributed by atoms with Crippen molar-refractivity contribution in [3.8, 4) is 0 Å². The van der Waals surface area contributed by atoms with Gasteiger partial charge in [-0.15, -0.1) is 12.6 Å². The molecule has 0 N–H and O–H groups in total. The molecule has 0 bridgehead atoms. The van der Waals surface area contributed by atoms with Crippen LogP contribution in [0.5, 0.6) is 0 Å². The van der Waals surface area contributed by atoms with E-state index in [9.17, 15) is 4.79 Å². The van der Waals surface area contributed by atoms with E-state index in [1.807, 2.05) is 20.8 Å². The van der Waals surface area contributed by atoms with Crippen LogP contribution >= 0.6 is 12.6 Å². The van der Waals surface area contributed by atoms with Crippen LogP contribution in [0.25, 0.3) is 0 Å². The van der Waals surface area contributed by atoms with Crippen LogP contribution in [0.2, 0.25) is 5.54 Å². The molecule has 1 atom stereocenters.